The van der Waals surface area contributed by atoms with E-state index in [0.717, 1.165) is 44.9 Å². The number of phosphoric ester groups is 1. The summed E-state index contributed by atoms with van der Waals surface area (Å²) in [6.07, 6.45) is 39.1. The first-order chi connectivity index (χ1) is 26.5. The van der Waals surface area contributed by atoms with Crippen LogP contribution in [0.3, 0.4) is 0 Å². The first-order valence-corrected chi connectivity index (χ1v) is 24.7. The van der Waals surface area contributed by atoms with Crippen LogP contribution in [0.25, 0.3) is 0 Å². The van der Waals surface area contributed by atoms with E-state index in [4.69, 9.17) is 18.5 Å². The second-order valence-corrected chi connectivity index (χ2v) is 18.5. The second kappa shape index (κ2) is 38.5. The van der Waals surface area contributed by atoms with Gasteiger partial charge < -0.3 is 27.9 Å². The topological polar surface area (TPSA) is 111 Å². The molecule has 0 bridgehead atoms. The van der Waals surface area contributed by atoms with Crippen LogP contribution < -0.4 is 4.89 Å². The van der Waals surface area contributed by atoms with Gasteiger partial charge in [0.2, 0.25) is 0 Å². The van der Waals surface area contributed by atoms with Crippen LogP contribution in [0, 0.1) is 0 Å². The Bertz CT molecular complexity index is 912. The van der Waals surface area contributed by atoms with Gasteiger partial charge in [-0.3, -0.25) is 14.2 Å². The average Bonchev–Trinajstić information content (AvgIpc) is 3.13. The van der Waals surface area contributed by atoms with E-state index in [9.17, 15) is 19.0 Å². The van der Waals surface area contributed by atoms with Gasteiger partial charge in [0.05, 0.1) is 27.7 Å². The minimum Gasteiger partial charge on any atom is -0.756 e. The fourth-order valence-corrected chi connectivity index (χ4v) is 7.44. The zero-order valence-electron chi connectivity index (χ0n) is 36.9. The van der Waals surface area contributed by atoms with Crippen LogP contribution in [-0.2, 0) is 32.7 Å². The second-order valence-electron chi connectivity index (χ2n) is 17.1. The molecule has 0 aromatic rings. The summed E-state index contributed by atoms with van der Waals surface area (Å²) in [5.41, 5.74) is 0. The van der Waals surface area contributed by atoms with E-state index >= 15 is 0 Å². The van der Waals surface area contributed by atoms with Gasteiger partial charge in [-0.2, -0.15) is 0 Å². The maximum Gasteiger partial charge on any atom is 0.306 e. The lowest BCUT2D eigenvalue weighted by Crippen LogP contribution is -2.37. The number of phosphoric acid groups is 1. The molecule has 0 fully saturated rings. The molecule has 328 valence electrons. The molecular formula is C45H90NO8P. The van der Waals surface area contributed by atoms with Crippen molar-refractivity contribution in [1.29, 1.82) is 0 Å². The summed E-state index contributed by atoms with van der Waals surface area (Å²) in [5, 5.41) is 0. The minimum atomic E-state index is -4.61. The molecule has 0 spiro atoms. The number of hydrogen-bond acceptors (Lipinski definition) is 8. The van der Waals surface area contributed by atoms with Crippen molar-refractivity contribution in [2.24, 2.45) is 0 Å². The van der Waals surface area contributed by atoms with E-state index < -0.39 is 32.5 Å². The molecule has 0 aromatic heterocycles. The lowest BCUT2D eigenvalue weighted by Gasteiger charge is -2.28. The maximum atomic E-state index is 12.6. The van der Waals surface area contributed by atoms with E-state index in [-0.39, 0.29) is 26.1 Å². The molecule has 0 saturated heterocycles. The highest BCUT2D eigenvalue weighted by Gasteiger charge is 2.21. The first-order valence-electron chi connectivity index (χ1n) is 23.2. The average molecular weight is 804 g/mol. The van der Waals surface area contributed by atoms with Crippen molar-refractivity contribution in [3.05, 3.63) is 0 Å². The van der Waals surface area contributed by atoms with Crippen molar-refractivity contribution >= 4 is 19.8 Å². The molecule has 0 N–H and O–H groups in total. The van der Waals surface area contributed by atoms with E-state index in [1.807, 2.05) is 21.1 Å². The van der Waals surface area contributed by atoms with Crippen LogP contribution >= 0.6 is 7.82 Å². The highest BCUT2D eigenvalue weighted by atomic mass is 31.2. The van der Waals surface area contributed by atoms with E-state index in [2.05, 4.69) is 13.8 Å². The molecule has 10 heteroatoms. The predicted octanol–water partition coefficient (Wildman–Crippen LogP) is 12.6. The Morgan fingerprint density at radius 3 is 1.16 bits per heavy atom. The number of likely N-dealkylation sites (N-methyl/N-ethyl adjacent to an activating group) is 1. The number of carbonyl (C=O) groups is 2. The molecule has 0 radical (unpaired) electrons. The molecule has 0 amide bonds. The molecule has 2 unspecified atom stereocenters. The number of nitrogens with zero attached hydrogens (tertiary/aromatic N) is 1. The third kappa shape index (κ3) is 42.4. The van der Waals surface area contributed by atoms with E-state index in [0.29, 0.717) is 17.4 Å². The SMILES string of the molecule is CCCCCCCCCCCCCCCCCCCCCCCCCCCCC(=O)OC(COC(=O)CCCCCCC)COP(=O)([O-])OCC[N+](C)(C)C. The Hall–Kier alpha value is -0.990. The van der Waals surface area contributed by atoms with Crippen LogP contribution in [-0.4, -0.2) is 70.0 Å². The van der Waals surface area contributed by atoms with Crippen LogP contribution in [0.5, 0.6) is 0 Å². The van der Waals surface area contributed by atoms with Gasteiger partial charge in [0.25, 0.3) is 7.82 Å². The van der Waals surface area contributed by atoms with Crippen LogP contribution in [0.2, 0.25) is 0 Å². The normalized spacial score (nSPS) is 13.5. The van der Waals surface area contributed by atoms with E-state index in [1.54, 1.807) is 0 Å². The standard InChI is InChI=1S/C45H90NO8P/c1-6-8-10-12-13-14-15-16-17-18-19-20-21-22-23-24-25-26-27-28-29-30-31-32-34-36-38-45(48)54-43(41-51-44(47)37-35-33-11-9-7-2)42-53-55(49,50)52-40-39-46(3,4)5/h43H,6-42H2,1-5H3. The summed E-state index contributed by atoms with van der Waals surface area (Å²) < 4.78 is 33.7. The first kappa shape index (κ1) is 54.0. The predicted molar refractivity (Wildman–Crippen MR) is 227 cm³/mol. The summed E-state index contributed by atoms with van der Waals surface area (Å²) >= 11 is 0. The number of hydrogen-bond donors (Lipinski definition) is 0. The summed E-state index contributed by atoms with van der Waals surface area (Å²) in [5.74, 6) is -0.835. The number of quaternary nitrogens is 1. The van der Waals surface area contributed by atoms with Crippen molar-refractivity contribution < 1.29 is 42.1 Å². The van der Waals surface area contributed by atoms with Gasteiger partial charge in [-0.1, -0.05) is 200 Å². The molecule has 0 aliphatic heterocycles. The number of ether oxygens (including phenoxy) is 2. The van der Waals surface area contributed by atoms with Gasteiger partial charge in [0, 0.05) is 12.8 Å². The van der Waals surface area contributed by atoms with Crippen LogP contribution in [0.4, 0.5) is 0 Å². The van der Waals surface area contributed by atoms with Crippen molar-refractivity contribution in [2.45, 2.75) is 232 Å². The lowest BCUT2D eigenvalue weighted by atomic mass is 10.0. The summed E-state index contributed by atoms with van der Waals surface area (Å²) in [6.45, 7) is 4.16. The minimum absolute atomic E-state index is 0.0264. The third-order valence-electron chi connectivity index (χ3n) is 10.4. The molecule has 0 aromatic carbocycles. The van der Waals surface area contributed by atoms with Gasteiger partial charge in [-0.25, -0.2) is 0 Å². The molecule has 0 saturated carbocycles. The highest BCUT2D eigenvalue weighted by molar-refractivity contribution is 7.45. The van der Waals surface area contributed by atoms with Gasteiger partial charge >= 0.3 is 11.9 Å². The molecule has 9 nitrogen and oxygen atoms in total. The highest BCUT2D eigenvalue weighted by Crippen LogP contribution is 2.38. The molecule has 0 aliphatic rings. The van der Waals surface area contributed by atoms with Gasteiger partial charge in [0.1, 0.15) is 19.8 Å². The van der Waals surface area contributed by atoms with Crippen LogP contribution in [0.15, 0.2) is 0 Å². The lowest BCUT2D eigenvalue weighted by molar-refractivity contribution is -0.870. The molecule has 0 heterocycles. The van der Waals surface area contributed by atoms with Crippen LogP contribution in [0.1, 0.15) is 226 Å². The summed E-state index contributed by atoms with van der Waals surface area (Å²) in [7, 11) is 1.18. The fourth-order valence-electron chi connectivity index (χ4n) is 6.72. The Kier molecular flexibility index (Phi) is 37.8. The fraction of sp³-hybridized carbons (Fsp3) is 0.956. The smallest absolute Gasteiger partial charge is 0.306 e. The van der Waals surface area contributed by atoms with E-state index in [1.165, 1.54) is 148 Å². The number of carbonyl (C=O) groups excluding carboxylic acids is 2. The Morgan fingerprint density at radius 2 is 0.818 bits per heavy atom. The molecule has 0 aliphatic carbocycles. The molecule has 2 atom stereocenters. The maximum absolute atomic E-state index is 12.6. The Balaban J connectivity index is 3.94. The number of rotatable bonds is 43. The molecule has 55 heavy (non-hydrogen) atoms. The largest absolute Gasteiger partial charge is 0.756 e. The summed E-state index contributed by atoms with van der Waals surface area (Å²) in [4.78, 5) is 37.2. The van der Waals surface area contributed by atoms with Gasteiger partial charge in [-0.05, 0) is 12.8 Å². The van der Waals surface area contributed by atoms with Crippen molar-refractivity contribution in [3.63, 3.8) is 0 Å². The molecular weight excluding hydrogens is 713 g/mol. The zero-order chi connectivity index (χ0) is 40.7. The van der Waals surface area contributed by atoms with Crippen molar-refractivity contribution in [1.82, 2.24) is 0 Å². The quantitative estimate of drug-likeness (QED) is 0.0259. The van der Waals surface area contributed by atoms with Gasteiger partial charge in [-0.15, -0.1) is 0 Å². The van der Waals surface area contributed by atoms with Crippen molar-refractivity contribution in [2.75, 3.05) is 47.5 Å². The summed E-state index contributed by atoms with van der Waals surface area (Å²) in [6, 6.07) is 0. The number of unbranched alkanes of at least 4 members (excludes halogenated alkanes) is 29. The Labute approximate surface area is 340 Å². The van der Waals surface area contributed by atoms with Gasteiger partial charge in [0.15, 0.2) is 6.10 Å². The molecule has 0 rings (SSSR count). The Morgan fingerprint density at radius 1 is 0.491 bits per heavy atom. The zero-order valence-corrected chi connectivity index (χ0v) is 37.8. The number of esters is 2. The third-order valence-corrected chi connectivity index (χ3v) is 11.3. The monoisotopic (exact) mass is 804 g/mol. The van der Waals surface area contributed by atoms with Crippen molar-refractivity contribution in [3.8, 4) is 0 Å².